The number of piperazine rings is 1. The van der Waals surface area contributed by atoms with Gasteiger partial charge in [0.1, 0.15) is 11.8 Å². The average Bonchev–Trinajstić information content (AvgIpc) is 3.15. The molecule has 3 rings (SSSR count). The summed E-state index contributed by atoms with van der Waals surface area (Å²) < 4.78 is 7.27. The van der Waals surface area contributed by atoms with Crippen molar-refractivity contribution in [2.45, 2.75) is 13.0 Å². The van der Waals surface area contributed by atoms with Crippen molar-refractivity contribution in [3.8, 4) is 5.75 Å². The molecule has 0 aliphatic carbocycles. The predicted molar refractivity (Wildman–Crippen MR) is 88.7 cm³/mol. The van der Waals surface area contributed by atoms with Crippen LogP contribution in [0.4, 0.5) is 5.69 Å². The van der Waals surface area contributed by atoms with Gasteiger partial charge in [-0.15, -0.1) is 0 Å². The lowest BCUT2D eigenvalue weighted by molar-refractivity contribution is -0.134. The van der Waals surface area contributed by atoms with Gasteiger partial charge in [0.2, 0.25) is 5.91 Å². The van der Waals surface area contributed by atoms with Gasteiger partial charge >= 0.3 is 0 Å². The molecule has 1 saturated heterocycles. The van der Waals surface area contributed by atoms with Gasteiger partial charge in [-0.1, -0.05) is 12.1 Å². The first kappa shape index (κ1) is 15.4. The maximum Gasteiger partial charge on any atom is 0.245 e. The number of imidazole rings is 1. The fourth-order valence-corrected chi connectivity index (χ4v) is 2.95. The molecule has 0 N–H and O–H groups in total. The van der Waals surface area contributed by atoms with E-state index in [0.717, 1.165) is 37.6 Å². The molecule has 1 aromatic carbocycles. The Bertz CT molecular complexity index is 648. The number of para-hydroxylation sites is 2. The van der Waals surface area contributed by atoms with Crippen LogP contribution in [-0.4, -0.2) is 53.6 Å². The van der Waals surface area contributed by atoms with Crippen molar-refractivity contribution in [2.75, 3.05) is 38.2 Å². The molecule has 122 valence electrons. The van der Waals surface area contributed by atoms with Crippen LogP contribution < -0.4 is 9.64 Å². The Morgan fingerprint density at radius 3 is 2.61 bits per heavy atom. The average molecular weight is 314 g/mol. The highest BCUT2D eigenvalue weighted by molar-refractivity contribution is 5.80. The zero-order chi connectivity index (χ0) is 16.2. The second kappa shape index (κ2) is 6.73. The van der Waals surface area contributed by atoms with Gasteiger partial charge in [0.15, 0.2) is 0 Å². The summed E-state index contributed by atoms with van der Waals surface area (Å²) in [6.07, 6.45) is 5.21. The van der Waals surface area contributed by atoms with E-state index in [0.29, 0.717) is 0 Å². The fourth-order valence-electron chi connectivity index (χ4n) is 2.95. The summed E-state index contributed by atoms with van der Waals surface area (Å²) >= 11 is 0. The van der Waals surface area contributed by atoms with Crippen molar-refractivity contribution in [1.29, 1.82) is 0 Å². The fraction of sp³-hybridized carbons (Fsp3) is 0.412. The molecule has 1 atom stereocenters. The first-order chi connectivity index (χ1) is 11.2. The lowest BCUT2D eigenvalue weighted by Gasteiger charge is -2.37. The van der Waals surface area contributed by atoms with Crippen LogP contribution in [-0.2, 0) is 4.79 Å². The molecular formula is C17H22N4O2. The number of rotatable bonds is 4. The SMILES string of the molecule is COc1ccccc1N1CCN(C(=O)[C@@H](C)n2ccnc2)CC1. The molecule has 6 heteroatoms. The molecule has 1 aliphatic rings. The molecular weight excluding hydrogens is 292 g/mol. The minimum atomic E-state index is -0.213. The second-order valence-electron chi connectivity index (χ2n) is 5.67. The molecule has 2 heterocycles. The number of hydrogen-bond donors (Lipinski definition) is 0. The Morgan fingerprint density at radius 2 is 1.96 bits per heavy atom. The third-order valence-corrected chi connectivity index (χ3v) is 4.35. The molecule has 1 aliphatic heterocycles. The van der Waals surface area contributed by atoms with Crippen LogP contribution in [0, 0.1) is 0 Å². The van der Waals surface area contributed by atoms with Gasteiger partial charge in [-0.25, -0.2) is 4.98 Å². The van der Waals surface area contributed by atoms with Gasteiger partial charge in [-0.05, 0) is 19.1 Å². The van der Waals surface area contributed by atoms with Crippen LogP contribution in [0.15, 0.2) is 43.0 Å². The van der Waals surface area contributed by atoms with E-state index < -0.39 is 0 Å². The topological polar surface area (TPSA) is 50.6 Å². The third-order valence-electron chi connectivity index (χ3n) is 4.35. The number of methoxy groups -OCH3 is 1. The van der Waals surface area contributed by atoms with E-state index in [1.54, 1.807) is 19.6 Å². The standard InChI is InChI=1S/C17H22N4O2/c1-14(21-8-7-18-13-21)17(22)20-11-9-19(10-12-20)15-5-3-4-6-16(15)23-2/h3-8,13-14H,9-12H2,1-2H3/t14-/m1/s1. The van der Waals surface area contributed by atoms with E-state index in [1.165, 1.54) is 0 Å². The number of hydrogen-bond acceptors (Lipinski definition) is 4. The van der Waals surface area contributed by atoms with Crippen LogP contribution >= 0.6 is 0 Å². The van der Waals surface area contributed by atoms with E-state index in [1.807, 2.05) is 40.8 Å². The van der Waals surface area contributed by atoms with Crippen LogP contribution in [0.1, 0.15) is 13.0 Å². The number of carbonyl (C=O) groups is 1. The summed E-state index contributed by atoms with van der Waals surface area (Å²) in [5, 5.41) is 0. The number of amides is 1. The molecule has 1 amide bonds. The second-order valence-corrected chi connectivity index (χ2v) is 5.67. The van der Waals surface area contributed by atoms with Crippen molar-refractivity contribution >= 4 is 11.6 Å². The molecule has 23 heavy (non-hydrogen) atoms. The molecule has 0 unspecified atom stereocenters. The molecule has 0 radical (unpaired) electrons. The molecule has 0 bridgehead atoms. The predicted octanol–water partition coefficient (Wildman–Crippen LogP) is 1.80. The summed E-state index contributed by atoms with van der Waals surface area (Å²) in [4.78, 5) is 20.8. The maximum absolute atomic E-state index is 12.6. The van der Waals surface area contributed by atoms with Crippen LogP contribution in [0.2, 0.25) is 0 Å². The molecule has 1 aromatic heterocycles. The van der Waals surface area contributed by atoms with Crippen molar-refractivity contribution in [3.05, 3.63) is 43.0 Å². The number of anilines is 1. The zero-order valence-electron chi connectivity index (χ0n) is 13.6. The van der Waals surface area contributed by atoms with Gasteiger partial charge in [0.05, 0.1) is 19.1 Å². The number of carbonyl (C=O) groups excluding carboxylic acids is 1. The first-order valence-corrected chi connectivity index (χ1v) is 7.85. The third kappa shape index (κ3) is 3.16. The van der Waals surface area contributed by atoms with E-state index in [-0.39, 0.29) is 11.9 Å². The lowest BCUT2D eigenvalue weighted by atomic mass is 10.2. The summed E-state index contributed by atoms with van der Waals surface area (Å²) in [6, 6.07) is 7.79. The van der Waals surface area contributed by atoms with Crippen molar-refractivity contribution in [3.63, 3.8) is 0 Å². The monoisotopic (exact) mass is 314 g/mol. The van der Waals surface area contributed by atoms with Crippen molar-refractivity contribution in [2.24, 2.45) is 0 Å². The minimum absolute atomic E-state index is 0.141. The van der Waals surface area contributed by atoms with Crippen molar-refractivity contribution < 1.29 is 9.53 Å². The Labute approximate surface area is 136 Å². The van der Waals surface area contributed by atoms with Gasteiger partial charge in [0.25, 0.3) is 0 Å². The first-order valence-electron chi connectivity index (χ1n) is 7.85. The summed E-state index contributed by atoms with van der Waals surface area (Å²) in [6.45, 7) is 4.97. The Balaban J connectivity index is 1.63. The molecule has 2 aromatic rings. The van der Waals surface area contributed by atoms with E-state index in [9.17, 15) is 4.79 Å². The molecule has 6 nitrogen and oxygen atoms in total. The van der Waals surface area contributed by atoms with Crippen LogP contribution in [0.25, 0.3) is 0 Å². The van der Waals surface area contributed by atoms with Gasteiger partial charge < -0.3 is 19.1 Å². The van der Waals surface area contributed by atoms with E-state index in [2.05, 4.69) is 16.0 Å². The largest absolute Gasteiger partial charge is 0.495 e. The van der Waals surface area contributed by atoms with Crippen LogP contribution in [0.3, 0.4) is 0 Å². The summed E-state index contributed by atoms with van der Waals surface area (Å²) in [7, 11) is 1.69. The highest BCUT2D eigenvalue weighted by atomic mass is 16.5. The quantitative estimate of drug-likeness (QED) is 0.863. The smallest absolute Gasteiger partial charge is 0.245 e. The van der Waals surface area contributed by atoms with Gasteiger partial charge in [-0.3, -0.25) is 4.79 Å². The normalized spacial score (nSPS) is 16.3. The Kier molecular flexibility index (Phi) is 4.50. The highest BCUT2D eigenvalue weighted by Crippen LogP contribution is 2.28. The number of aromatic nitrogens is 2. The zero-order valence-corrected chi connectivity index (χ0v) is 13.6. The number of ether oxygens (including phenoxy) is 1. The maximum atomic E-state index is 12.6. The molecule has 0 spiro atoms. The minimum Gasteiger partial charge on any atom is -0.495 e. The molecule has 1 fully saturated rings. The van der Waals surface area contributed by atoms with E-state index >= 15 is 0 Å². The summed E-state index contributed by atoms with van der Waals surface area (Å²) in [5.74, 6) is 1.02. The summed E-state index contributed by atoms with van der Waals surface area (Å²) in [5.41, 5.74) is 1.09. The Morgan fingerprint density at radius 1 is 1.22 bits per heavy atom. The van der Waals surface area contributed by atoms with Gasteiger partial charge in [-0.2, -0.15) is 0 Å². The number of nitrogens with zero attached hydrogens (tertiary/aromatic N) is 4. The molecule has 0 saturated carbocycles. The highest BCUT2D eigenvalue weighted by Gasteiger charge is 2.26. The lowest BCUT2D eigenvalue weighted by Crippen LogP contribution is -2.50. The Hall–Kier alpha value is -2.50. The van der Waals surface area contributed by atoms with Gasteiger partial charge in [0, 0.05) is 38.6 Å². The van der Waals surface area contributed by atoms with Crippen LogP contribution in [0.5, 0.6) is 5.75 Å². The van der Waals surface area contributed by atoms with Crippen molar-refractivity contribution in [1.82, 2.24) is 14.5 Å². The number of benzene rings is 1. The van der Waals surface area contributed by atoms with E-state index in [4.69, 9.17) is 4.74 Å².